The van der Waals surface area contributed by atoms with Crippen molar-refractivity contribution in [2.75, 3.05) is 11.5 Å². The molecule has 0 unspecified atom stereocenters. The number of nitrogen functional groups attached to an aromatic ring is 2. The maximum absolute atomic E-state index is 10.4. The van der Waals surface area contributed by atoms with Crippen LogP contribution in [0.2, 0.25) is 0 Å². The zero-order valence-corrected chi connectivity index (χ0v) is 16.0. The Morgan fingerprint density at radius 2 is 1.48 bits per heavy atom. The molecule has 2 rings (SSSR count). The summed E-state index contributed by atoms with van der Waals surface area (Å²) in [5, 5.41) is 17.0. The summed E-state index contributed by atoms with van der Waals surface area (Å²) in [6.45, 7) is 0. The van der Waals surface area contributed by atoms with Crippen molar-refractivity contribution in [3.8, 4) is 0 Å². The number of aromatic nitrogens is 2. The number of rotatable bonds is 2. The number of pyridine rings is 2. The summed E-state index contributed by atoms with van der Waals surface area (Å²) in [7, 11) is 0. The first kappa shape index (κ1) is 21.3. The minimum absolute atomic E-state index is 0.0133. The number of anilines is 2. The minimum atomic E-state index is -1.07. The molecule has 2 aromatic rings. The van der Waals surface area contributed by atoms with Crippen LogP contribution < -0.4 is 11.5 Å². The average molecular weight is 515 g/mol. The Morgan fingerprint density at radius 3 is 1.87 bits per heavy atom. The van der Waals surface area contributed by atoms with Gasteiger partial charge in [-0.1, -0.05) is 0 Å². The predicted molar refractivity (Wildman–Crippen MR) is 96.8 cm³/mol. The van der Waals surface area contributed by atoms with Gasteiger partial charge in [-0.15, -0.1) is 0 Å². The van der Waals surface area contributed by atoms with Gasteiger partial charge in [0.2, 0.25) is 0 Å². The maximum atomic E-state index is 10.4. The number of halogens is 3. The van der Waals surface area contributed by atoms with E-state index in [1.807, 2.05) is 0 Å². The molecule has 0 atom stereocenters. The van der Waals surface area contributed by atoms with Crippen LogP contribution in [0.25, 0.3) is 0 Å². The standard InChI is InChI=1S/C6H5BrN2O2.C6H6N2O2.Br2/c7-4-2-9-1-3(5(4)8)6(10)11;7-5-1-2-8-3-4(5)6(9)10;1-2/h1-2H,(H2,8,9)(H,10,11);1-3H,(H2,7,8)(H,9,10);. The van der Waals surface area contributed by atoms with Crippen LogP contribution in [0, 0.1) is 0 Å². The average Bonchev–Trinajstić information content (AvgIpc) is 2.52. The van der Waals surface area contributed by atoms with Crippen molar-refractivity contribution < 1.29 is 19.8 Å². The zero-order valence-electron chi connectivity index (χ0n) is 11.3. The molecular weight excluding hydrogens is 504 g/mol. The second kappa shape index (κ2) is 10.9. The lowest BCUT2D eigenvalue weighted by atomic mass is 10.2. The molecule has 0 radical (unpaired) electrons. The maximum Gasteiger partial charge on any atom is 0.339 e. The molecule has 0 fully saturated rings. The van der Waals surface area contributed by atoms with Gasteiger partial charge in [0.25, 0.3) is 0 Å². The van der Waals surface area contributed by atoms with E-state index in [1.165, 1.54) is 30.9 Å². The Bertz CT molecular complexity index is 685. The van der Waals surface area contributed by atoms with Crippen LogP contribution in [0.3, 0.4) is 0 Å². The first-order valence-electron chi connectivity index (χ1n) is 5.54. The van der Waals surface area contributed by atoms with E-state index in [2.05, 4.69) is 54.2 Å². The molecule has 2 aromatic heterocycles. The number of nitrogens with two attached hydrogens (primary N) is 2. The molecule has 0 aliphatic heterocycles. The number of nitrogens with zero attached hydrogens (tertiary/aromatic N) is 2. The molecule has 0 saturated carbocycles. The van der Waals surface area contributed by atoms with E-state index >= 15 is 0 Å². The summed E-state index contributed by atoms with van der Waals surface area (Å²) in [4.78, 5) is 28.0. The van der Waals surface area contributed by atoms with Crippen molar-refractivity contribution in [2.45, 2.75) is 0 Å². The number of carboxylic acids is 2. The van der Waals surface area contributed by atoms with Crippen molar-refractivity contribution in [2.24, 2.45) is 0 Å². The second-order valence-electron chi connectivity index (χ2n) is 3.66. The lowest BCUT2D eigenvalue weighted by Crippen LogP contribution is -2.03. The third-order valence-corrected chi connectivity index (χ3v) is 2.89. The van der Waals surface area contributed by atoms with E-state index in [4.69, 9.17) is 21.7 Å². The van der Waals surface area contributed by atoms with Gasteiger partial charge >= 0.3 is 11.9 Å². The van der Waals surface area contributed by atoms with Gasteiger partial charge < -0.3 is 21.7 Å². The van der Waals surface area contributed by atoms with E-state index in [9.17, 15) is 9.59 Å². The number of hydrogen-bond acceptors (Lipinski definition) is 6. The van der Waals surface area contributed by atoms with Crippen LogP contribution in [-0.4, -0.2) is 32.1 Å². The Kier molecular flexibility index (Phi) is 10.1. The van der Waals surface area contributed by atoms with Gasteiger partial charge in [0.15, 0.2) is 0 Å². The van der Waals surface area contributed by atoms with Crippen LogP contribution in [0.15, 0.2) is 35.3 Å². The van der Waals surface area contributed by atoms with Gasteiger partial charge in [-0.05, 0) is 22.0 Å². The SMILES string of the molecule is BrBr.Nc1c(Br)cncc1C(=O)O.Nc1ccncc1C(=O)O. The summed E-state index contributed by atoms with van der Waals surface area (Å²) >= 11 is 8.56. The number of carboxylic acid groups (broad SMARTS) is 2. The molecule has 8 nitrogen and oxygen atoms in total. The van der Waals surface area contributed by atoms with E-state index in [0.717, 1.165) is 0 Å². The van der Waals surface area contributed by atoms with Gasteiger partial charge in [0, 0.05) is 58.7 Å². The van der Waals surface area contributed by atoms with Crippen LogP contribution in [0.5, 0.6) is 0 Å². The van der Waals surface area contributed by atoms with E-state index in [1.54, 1.807) is 0 Å². The predicted octanol–water partition coefficient (Wildman–Crippen LogP) is 3.18. The number of carbonyl (C=O) groups is 2. The van der Waals surface area contributed by atoms with Crippen LogP contribution in [0.4, 0.5) is 11.4 Å². The third kappa shape index (κ3) is 6.93. The van der Waals surface area contributed by atoms with Gasteiger partial charge in [-0.2, -0.15) is 0 Å². The zero-order chi connectivity index (χ0) is 18.0. The molecule has 23 heavy (non-hydrogen) atoms. The van der Waals surface area contributed by atoms with E-state index in [-0.39, 0.29) is 22.5 Å². The highest BCUT2D eigenvalue weighted by Gasteiger charge is 2.09. The van der Waals surface area contributed by atoms with Crippen LogP contribution in [0.1, 0.15) is 20.7 Å². The van der Waals surface area contributed by atoms with E-state index in [0.29, 0.717) is 4.47 Å². The molecule has 2 heterocycles. The lowest BCUT2D eigenvalue weighted by molar-refractivity contribution is 0.0686. The van der Waals surface area contributed by atoms with Gasteiger partial charge in [0.1, 0.15) is 11.1 Å². The fraction of sp³-hybridized carbons (Fsp3) is 0. The number of aromatic carboxylic acids is 2. The molecule has 0 bridgehead atoms. The third-order valence-electron chi connectivity index (χ3n) is 2.25. The molecule has 0 saturated heterocycles. The molecule has 6 N–H and O–H groups in total. The summed E-state index contributed by atoms with van der Waals surface area (Å²) in [6, 6.07) is 1.45. The minimum Gasteiger partial charge on any atom is -0.478 e. The topological polar surface area (TPSA) is 152 Å². The van der Waals surface area contributed by atoms with Gasteiger partial charge in [-0.25, -0.2) is 9.59 Å². The Morgan fingerprint density at radius 1 is 0.957 bits per heavy atom. The largest absolute Gasteiger partial charge is 0.478 e. The van der Waals surface area contributed by atoms with Crippen molar-refractivity contribution >= 4 is 67.5 Å². The lowest BCUT2D eigenvalue weighted by Gasteiger charge is -1.99. The second-order valence-corrected chi connectivity index (χ2v) is 4.51. The molecule has 124 valence electrons. The highest BCUT2D eigenvalue weighted by atomic mass is 80.9. The van der Waals surface area contributed by atoms with Gasteiger partial charge in [-0.3, -0.25) is 9.97 Å². The fourth-order valence-corrected chi connectivity index (χ4v) is 1.53. The highest BCUT2D eigenvalue weighted by Crippen LogP contribution is 2.20. The summed E-state index contributed by atoms with van der Waals surface area (Å²) in [6.07, 6.45) is 5.32. The fourth-order valence-electron chi connectivity index (χ4n) is 1.20. The quantitative estimate of drug-likeness (QED) is 0.476. The first-order chi connectivity index (χ1) is 10.8. The van der Waals surface area contributed by atoms with Gasteiger partial charge in [0.05, 0.1) is 10.2 Å². The molecule has 11 heteroatoms. The molecular formula is C12H11Br3N4O4. The molecule has 0 amide bonds. The normalized spacial score (nSPS) is 8.83. The summed E-state index contributed by atoms with van der Waals surface area (Å²) in [5.41, 5.74) is 11.2. The molecule has 0 spiro atoms. The Labute approximate surface area is 154 Å². The van der Waals surface area contributed by atoms with E-state index < -0.39 is 11.9 Å². The van der Waals surface area contributed by atoms with Crippen LogP contribution in [-0.2, 0) is 0 Å². The van der Waals surface area contributed by atoms with Crippen LogP contribution >= 0.6 is 44.2 Å². The molecule has 0 aromatic carbocycles. The van der Waals surface area contributed by atoms with Crippen molar-refractivity contribution in [1.82, 2.24) is 9.97 Å². The smallest absolute Gasteiger partial charge is 0.339 e. The van der Waals surface area contributed by atoms with Crippen molar-refractivity contribution in [3.63, 3.8) is 0 Å². The van der Waals surface area contributed by atoms with Crippen molar-refractivity contribution in [3.05, 3.63) is 46.5 Å². The highest BCUT2D eigenvalue weighted by molar-refractivity contribution is 9.93. The Hall–Kier alpha value is -1.72. The summed E-state index contributed by atoms with van der Waals surface area (Å²) in [5.74, 6) is -2.12. The number of hydrogen-bond donors (Lipinski definition) is 4. The first-order valence-corrected chi connectivity index (χ1v) is 10.0. The molecule has 0 aliphatic carbocycles. The monoisotopic (exact) mass is 512 g/mol. The van der Waals surface area contributed by atoms with Crippen molar-refractivity contribution in [1.29, 1.82) is 0 Å². The Balaban J connectivity index is 0.000000381. The summed E-state index contributed by atoms with van der Waals surface area (Å²) < 4.78 is 0.498. The molecule has 0 aliphatic rings.